The first-order valence-electron chi connectivity index (χ1n) is 19.5. The maximum absolute atomic E-state index is 13.3. The van der Waals surface area contributed by atoms with Crippen molar-refractivity contribution >= 4 is 23.9 Å². The molecule has 2 rings (SSSR count). The fourth-order valence-corrected chi connectivity index (χ4v) is 5.92. The Kier molecular flexibility index (Phi) is 21.8. The molecule has 0 aliphatic carbocycles. The summed E-state index contributed by atoms with van der Waals surface area (Å²) in [4.78, 5) is 52.5. The van der Waals surface area contributed by atoms with Crippen LogP contribution in [0, 0.1) is 0 Å². The predicted octanol–water partition coefficient (Wildman–Crippen LogP) is 6.58. The quantitative estimate of drug-likeness (QED) is 0.0440. The van der Waals surface area contributed by atoms with Crippen molar-refractivity contribution in [3.63, 3.8) is 0 Å². The molecule has 2 fully saturated rings. The van der Waals surface area contributed by atoms with Crippen LogP contribution in [0.3, 0.4) is 0 Å². The van der Waals surface area contributed by atoms with E-state index >= 15 is 0 Å². The van der Waals surface area contributed by atoms with Crippen LogP contribution >= 0.6 is 0 Å². The Morgan fingerprint density at radius 2 is 1.10 bits per heavy atom. The SMILES string of the molecule is CCCCCCCC(=O)O[C@@H]1[C@H](OC(O)C2COC(C)(C)O2)O[C@H](COC(=O)CCCCC)[C@@H](OC(=O)CCCCC)[C@@H]1OC(=O)CCCCC. The molecule has 2 heterocycles. The van der Waals surface area contributed by atoms with Gasteiger partial charge in [0.25, 0.3) is 0 Å². The second kappa shape index (κ2) is 24.8. The van der Waals surface area contributed by atoms with Crippen LogP contribution < -0.4 is 0 Å². The fraction of sp³-hybridized carbons (Fsp3) is 0.895. The lowest BCUT2D eigenvalue weighted by atomic mass is 9.97. The van der Waals surface area contributed by atoms with Gasteiger partial charge in [0.05, 0.1) is 6.61 Å². The minimum Gasteiger partial charge on any atom is -0.463 e. The number of hydrogen-bond donors (Lipinski definition) is 1. The highest BCUT2D eigenvalue weighted by atomic mass is 16.8. The smallest absolute Gasteiger partial charge is 0.306 e. The number of carbonyl (C=O) groups excluding carboxylic acids is 4. The molecule has 0 aromatic heterocycles. The molecule has 0 aromatic rings. The van der Waals surface area contributed by atoms with Crippen LogP contribution in [0.4, 0.5) is 0 Å². The van der Waals surface area contributed by atoms with Gasteiger partial charge in [-0.15, -0.1) is 0 Å². The number of ether oxygens (including phenoxy) is 8. The van der Waals surface area contributed by atoms with Gasteiger partial charge in [-0.1, -0.05) is 91.9 Å². The first-order chi connectivity index (χ1) is 24.4. The molecular formula is C38H66O13. The number of aliphatic hydroxyl groups is 1. The highest BCUT2D eigenvalue weighted by molar-refractivity contribution is 5.72. The van der Waals surface area contributed by atoms with Gasteiger partial charge in [0, 0.05) is 25.7 Å². The van der Waals surface area contributed by atoms with Crippen LogP contribution in [0.1, 0.15) is 157 Å². The topological polar surface area (TPSA) is 162 Å². The molecule has 7 atom stereocenters. The van der Waals surface area contributed by atoms with Gasteiger partial charge in [-0.25, -0.2) is 0 Å². The van der Waals surface area contributed by atoms with Crippen molar-refractivity contribution in [2.24, 2.45) is 0 Å². The molecule has 2 saturated heterocycles. The Morgan fingerprint density at radius 3 is 1.61 bits per heavy atom. The van der Waals surface area contributed by atoms with Gasteiger partial charge in [-0.05, 0) is 39.5 Å². The summed E-state index contributed by atoms with van der Waals surface area (Å²) >= 11 is 0. The van der Waals surface area contributed by atoms with Crippen LogP contribution in [0.15, 0.2) is 0 Å². The number of hydrogen-bond acceptors (Lipinski definition) is 13. The van der Waals surface area contributed by atoms with Crippen LogP contribution in [0.25, 0.3) is 0 Å². The van der Waals surface area contributed by atoms with Gasteiger partial charge < -0.3 is 43.0 Å². The van der Waals surface area contributed by atoms with E-state index in [2.05, 4.69) is 6.92 Å². The highest BCUT2D eigenvalue weighted by Crippen LogP contribution is 2.33. The Balaban J connectivity index is 2.47. The third-order valence-corrected chi connectivity index (χ3v) is 8.86. The van der Waals surface area contributed by atoms with Crippen LogP contribution in [0.5, 0.6) is 0 Å². The Hall–Kier alpha value is -2.32. The standard InChI is InChI=1S/C38H66O13/c1-7-11-15-16-20-24-32(42)49-35-34(48-31(41)23-19-14-10-4)33(47-30(40)22-18-13-9-3)27(25-44-29(39)21-17-12-8-2)46-37(35)50-36(43)28-26-45-38(5,6)51-28/h27-28,33-37,43H,7-26H2,1-6H3/t27-,28?,33-,34+,35+,36?,37+/m1/s1. The van der Waals surface area contributed by atoms with Crippen molar-refractivity contribution in [2.75, 3.05) is 13.2 Å². The first kappa shape index (κ1) is 44.8. The molecule has 13 heteroatoms. The Morgan fingerprint density at radius 1 is 0.647 bits per heavy atom. The average Bonchev–Trinajstić information content (AvgIpc) is 3.46. The predicted molar refractivity (Wildman–Crippen MR) is 187 cm³/mol. The molecule has 2 aliphatic heterocycles. The molecule has 0 saturated carbocycles. The van der Waals surface area contributed by atoms with E-state index in [0.29, 0.717) is 25.7 Å². The summed E-state index contributed by atoms with van der Waals surface area (Å²) in [5.74, 6) is -3.20. The molecule has 51 heavy (non-hydrogen) atoms. The summed E-state index contributed by atoms with van der Waals surface area (Å²) in [5.41, 5.74) is 0. The van der Waals surface area contributed by atoms with Crippen molar-refractivity contribution in [3.05, 3.63) is 0 Å². The third-order valence-electron chi connectivity index (χ3n) is 8.86. The second-order valence-corrected chi connectivity index (χ2v) is 14.0. The maximum Gasteiger partial charge on any atom is 0.306 e. The van der Waals surface area contributed by atoms with E-state index in [-0.39, 0.29) is 38.9 Å². The Bertz CT molecular complexity index is 1020. The van der Waals surface area contributed by atoms with Crippen LogP contribution in [-0.4, -0.2) is 91.1 Å². The summed E-state index contributed by atoms with van der Waals surface area (Å²) in [6.07, 6.45) is 2.45. The van der Waals surface area contributed by atoms with Crippen molar-refractivity contribution in [1.82, 2.24) is 0 Å². The molecule has 0 amide bonds. The average molecular weight is 731 g/mol. The number of unbranched alkanes of at least 4 members (excludes halogenated alkanes) is 10. The van der Waals surface area contributed by atoms with Gasteiger partial charge in [0.2, 0.25) is 6.29 Å². The summed E-state index contributed by atoms with van der Waals surface area (Å²) in [6, 6.07) is 0. The summed E-state index contributed by atoms with van der Waals surface area (Å²) in [6.45, 7) is 11.2. The first-order valence-corrected chi connectivity index (χ1v) is 19.5. The molecule has 2 aliphatic rings. The van der Waals surface area contributed by atoms with Crippen molar-refractivity contribution in [2.45, 2.75) is 206 Å². The zero-order valence-corrected chi connectivity index (χ0v) is 32.0. The third kappa shape index (κ3) is 17.4. The van der Waals surface area contributed by atoms with E-state index in [1.54, 1.807) is 13.8 Å². The highest BCUT2D eigenvalue weighted by Gasteiger charge is 2.54. The number of aliphatic hydroxyl groups excluding tert-OH is 1. The number of rotatable bonds is 26. The molecule has 1 N–H and O–H groups in total. The fourth-order valence-electron chi connectivity index (χ4n) is 5.92. The van der Waals surface area contributed by atoms with Crippen molar-refractivity contribution in [1.29, 1.82) is 0 Å². The van der Waals surface area contributed by atoms with E-state index in [4.69, 9.17) is 37.9 Å². The molecule has 296 valence electrons. The van der Waals surface area contributed by atoms with E-state index in [0.717, 1.165) is 64.2 Å². The van der Waals surface area contributed by atoms with E-state index in [1.165, 1.54) is 0 Å². The number of esters is 4. The van der Waals surface area contributed by atoms with Crippen LogP contribution in [0.2, 0.25) is 0 Å². The van der Waals surface area contributed by atoms with Gasteiger partial charge in [0.15, 0.2) is 30.4 Å². The molecule has 13 nitrogen and oxygen atoms in total. The van der Waals surface area contributed by atoms with E-state index in [9.17, 15) is 24.3 Å². The molecule has 2 unspecified atom stereocenters. The molecule has 0 bridgehead atoms. The lowest BCUT2D eigenvalue weighted by Gasteiger charge is -2.45. The maximum atomic E-state index is 13.3. The normalized spacial score (nSPS) is 24.8. The second-order valence-electron chi connectivity index (χ2n) is 14.0. The monoisotopic (exact) mass is 730 g/mol. The van der Waals surface area contributed by atoms with Gasteiger partial charge in [0.1, 0.15) is 18.8 Å². The summed E-state index contributed by atoms with van der Waals surface area (Å²) in [5, 5.41) is 11.2. The summed E-state index contributed by atoms with van der Waals surface area (Å²) < 4.78 is 47.1. The van der Waals surface area contributed by atoms with Crippen LogP contribution in [-0.2, 0) is 57.1 Å². The van der Waals surface area contributed by atoms with Gasteiger partial charge in [-0.2, -0.15) is 0 Å². The molecule has 0 spiro atoms. The molecule has 0 aromatic carbocycles. The van der Waals surface area contributed by atoms with E-state index in [1.807, 2.05) is 20.8 Å². The lowest BCUT2D eigenvalue weighted by molar-refractivity contribution is -0.346. The minimum absolute atomic E-state index is 0.00967. The Labute approximate surface area is 305 Å². The number of carbonyl (C=O) groups is 4. The zero-order valence-electron chi connectivity index (χ0n) is 32.0. The molecule has 0 radical (unpaired) electrons. The van der Waals surface area contributed by atoms with E-state index < -0.39 is 72.8 Å². The lowest BCUT2D eigenvalue weighted by Crippen LogP contribution is -2.64. The largest absolute Gasteiger partial charge is 0.463 e. The van der Waals surface area contributed by atoms with Crippen molar-refractivity contribution in [3.8, 4) is 0 Å². The van der Waals surface area contributed by atoms with Gasteiger partial charge >= 0.3 is 23.9 Å². The summed E-state index contributed by atoms with van der Waals surface area (Å²) in [7, 11) is 0. The van der Waals surface area contributed by atoms with Crippen molar-refractivity contribution < 1.29 is 62.2 Å². The minimum atomic E-state index is -1.61. The molecular weight excluding hydrogens is 664 g/mol. The zero-order chi connectivity index (χ0) is 37.6. The van der Waals surface area contributed by atoms with Gasteiger partial charge in [-0.3, -0.25) is 19.2 Å².